The van der Waals surface area contributed by atoms with Crippen LogP contribution in [0, 0.1) is 10.5 Å². The minimum Gasteiger partial charge on any atom is -0.338 e. The molecule has 1 amide bonds. The molecule has 1 aromatic rings. The number of hydrogen-bond acceptors (Lipinski definition) is 2. The molecule has 1 unspecified atom stereocenters. The molecule has 4 heteroatoms. The van der Waals surface area contributed by atoms with Crippen molar-refractivity contribution in [3.05, 3.63) is 32.9 Å². The highest BCUT2D eigenvalue weighted by Crippen LogP contribution is 2.15. The van der Waals surface area contributed by atoms with E-state index in [1.165, 1.54) is 5.56 Å². The summed E-state index contributed by atoms with van der Waals surface area (Å²) in [5, 5.41) is 0. The molecule has 0 saturated heterocycles. The molecule has 0 aliphatic carbocycles. The molecule has 0 radical (unpaired) electrons. The number of likely N-dealkylation sites (N-methyl/N-ethyl adjacent to an activating group) is 1. The third-order valence-corrected chi connectivity index (χ3v) is 3.90. The van der Waals surface area contributed by atoms with Gasteiger partial charge in [-0.25, -0.2) is 0 Å². The first-order valence-electron chi connectivity index (χ1n) is 5.20. The quantitative estimate of drug-likeness (QED) is 0.861. The number of aryl methyl sites for hydroxylation is 1. The van der Waals surface area contributed by atoms with Crippen molar-refractivity contribution in [3.8, 4) is 0 Å². The first-order valence-corrected chi connectivity index (χ1v) is 6.28. The molecule has 3 nitrogen and oxygen atoms in total. The molecule has 0 saturated carbocycles. The maximum atomic E-state index is 12.1. The van der Waals surface area contributed by atoms with Gasteiger partial charge in [-0.15, -0.1) is 0 Å². The molecule has 2 N–H and O–H groups in total. The van der Waals surface area contributed by atoms with Crippen LogP contribution in [0.25, 0.3) is 0 Å². The molecule has 88 valence electrons. The molecule has 0 bridgehead atoms. The number of nitrogens with zero attached hydrogens (tertiary/aromatic N) is 1. The first kappa shape index (κ1) is 13.4. The molecular weight excluding hydrogens is 315 g/mol. The number of amides is 1. The molecule has 1 rings (SSSR count). The molecule has 0 fully saturated rings. The van der Waals surface area contributed by atoms with Crippen molar-refractivity contribution < 1.29 is 4.79 Å². The predicted molar refractivity (Wildman–Crippen MR) is 74.5 cm³/mol. The van der Waals surface area contributed by atoms with E-state index >= 15 is 0 Å². The predicted octanol–water partition coefficient (Wildman–Crippen LogP) is 2.02. The summed E-state index contributed by atoms with van der Waals surface area (Å²) in [7, 11) is 1.78. The van der Waals surface area contributed by atoms with Crippen molar-refractivity contribution in [3.63, 3.8) is 0 Å². The summed E-state index contributed by atoms with van der Waals surface area (Å²) < 4.78 is 1.11. The lowest BCUT2D eigenvalue weighted by Gasteiger charge is -2.23. The van der Waals surface area contributed by atoms with Gasteiger partial charge in [-0.05, 0) is 54.1 Å². The Morgan fingerprint density at radius 1 is 1.56 bits per heavy atom. The maximum Gasteiger partial charge on any atom is 0.253 e. The lowest BCUT2D eigenvalue weighted by Crippen LogP contribution is -2.39. The van der Waals surface area contributed by atoms with Gasteiger partial charge in [0, 0.05) is 28.8 Å². The lowest BCUT2D eigenvalue weighted by molar-refractivity contribution is 0.0748. The van der Waals surface area contributed by atoms with Crippen LogP contribution in [-0.4, -0.2) is 30.4 Å². The van der Waals surface area contributed by atoms with Crippen LogP contribution in [0.3, 0.4) is 0 Å². The maximum absolute atomic E-state index is 12.1. The Morgan fingerprint density at radius 2 is 2.19 bits per heavy atom. The number of nitrogens with two attached hydrogens (primary N) is 1. The molecule has 1 aromatic carbocycles. The van der Waals surface area contributed by atoms with Gasteiger partial charge < -0.3 is 10.6 Å². The molecular formula is C12H17IN2O. The third kappa shape index (κ3) is 2.95. The fourth-order valence-corrected chi connectivity index (χ4v) is 1.80. The SMILES string of the molecule is Cc1ccc(C(=O)N(C)C(C)CN)cc1I. The van der Waals surface area contributed by atoms with Gasteiger partial charge in [0.2, 0.25) is 0 Å². The summed E-state index contributed by atoms with van der Waals surface area (Å²) in [6.07, 6.45) is 0. The first-order chi connectivity index (χ1) is 7.47. The second-order valence-electron chi connectivity index (χ2n) is 3.96. The van der Waals surface area contributed by atoms with Crippen LogP contribution in [-0.2, 0) is 0 Å². The van der Waals surface area contributed by atoms with E-state index < -0.39 is 0 Å². The van der Waals surface area contributed by atoms with Crippen molar-refractivity contribution >= 4 is 28.5 Å². The van der Waals surface area contributed by atoms with Crippen LogP contribution >= 0.6 is 22.6 Å². The monoisotopic (exact) mass is 332 g/mol. The van der Waals surface area contributed by atoms with Crippen molar-refractivity contribution in [2.75, 3.05) is 13.6 Å². The summed E-state index contributed by atoms with van der Waals surface area (Å²) in [5.41, 5.74) is 7.45. The summed E-state index contributed by atoms with van der Waals surface area (Å²) >= 11 is 2.24. The third-order valence-electron chi connectivity index (χ3n) is 2.74. The number of rotatable bonds is 3. The Bertz CT molecular complexity index is 393. The van der Waals surface area contributed by atoms with Crippen LogP contribution in [0.15, 0.2) is 18.2 Å². The second kappa shape index (κ2) is 5.63. The van der Waals surface area contributed by atoms with Crippen LogP contribution < -0.4 is 5.73 Å². The van der Waals surface area contributed by atoms with E-state index in [0.29, 0.717) is 6.54 Å². The summed E-state index contributed by atoms with van der Waals surface area (Å²) in [6.45, 7) is 4.45. The minimum absolute atomic E-state index is 0.0240. The summed E-state index contributed by atoms with van der Waals surface area (Å²) in [5.74, 6) is 0.0240. The van der Waals surface area contributed by atoms with Gasteiger partial charge in [-0.3, -0.25) is 4.79 Å². The highest BCUT2D eigenvalue weighted by Gasteiger charge is 2.16. The highest BCUT2D eigenvalue weighted by atomic mass is 127. The van der Waals surface area contributed by atoms with Gasteiger partial charge in [-0.1, -0.05) is 6.07 Å². The molecule has 0 aliphatic rings. The van der Waals surface area contributed by atoms with E-state index in [2.05, 4.69) is 22.6 Å². The topological polar surface area (TPSA) is 46.3 Å². The molecule has 0 heterocycles. The van der Waals surface area contributed by atoms with Gasteiger partial charge in [0.05, 0.1) is 0 Å². The van der Waals surface area contributed by atoms with Crippen LogP contribution in [0.5, 0.6) is 0 Å². The molecule has 0 aliphatic heterocycles. The van der Waals surface area contributed by atoms with Gasteiger partial charge in [0.1, 0.15) is 0 Å². The summed E-state index contributed by atoms with van der Waals surface area (Å²) in [6, 6.07) is 5.81. The normalized spacial score (nSPS) is 12.3. The fraction of sp³-hybridized carbons (Fsp3) is 0.417. The van der Waals surface area contributed by atoms with E-state index in [-0.39, 0.29) is 11.9 Å². The number of benzene rings is 1. The molecule has 16 heavy (non-hydrogen) atoms. The van der Waals surface area contributed by atoms with E-state index in [9.17, 15) is 4.79 Å². The Kier molecular flexibility index (Phi) is 4.73. The van der Waals surface area contributed by atoms with E-state index in [4.69, 9.17) is 5.73 Å². The Labute approximate surface area is 110 Å². The Balaban J connectivity index is 2.92. The Morgan fingerprint density at radius 3 is 2.69 bits per heavy atom. The van der Waals surface area contributed by atoms with Gasteiger partial charge in [0.15, 0.2) is 0 Å². The smallest absolute Gasteiger partial charge is 0.253 e. The van der Waals surface area contributed by atoms with Crippen LogP contribution in [0.1, 0.15) is 22.8 Å². The van der Waals surface area contributed by atoms with Crippen molar-refractivity contribution in [1.29, 1.82) is 0 Å². The standard InChI is InChI=1S/C12H17IN2O/c1-8-4-5-10(6-11(8)13)12(16)15(3)9(2)7-14/h4-6,9H,7,14H2,1-3H3. The largest absolute Gasteiger partial charge is 0.338 e. The minimum atomic E-state index is 0.0240. The molecule has 0 aromatic heterocycles. The van der Waals surface area contributed by atoms with Gasteiger partial charge >= 0.3 is 0 Å². The van der Waals surface area contributed by atoms with Crippen molar-refractivity contribution in [1.82, 2.24) is 4.90 Å². The van der Waals surface area contributed by atoms with E-state index in [0.717, 1.165) is 9.13 Å². The Hall–Kier alpha value is -0.620. The highest BCUT2D eigenvalue weighted by molar-refractivity contribution is 14.1. The number of halogens is 1. The van der Waals surface area contributed by atoms with Crippen molar-refractivity contribution in [2.45, 2.75) is 19.9 Å². The molecule has 0 spiro atoms. The lowest BCUT2D eigenvalue weighted by atomic mass is 10.1. The van der Waals surface area contributed by atoms with E-state index in [1.54, 1.807) is 11.9 Å². The average molecular weight is 332 g/mol. The zero-order valence-electron chi connectivity index (χ0n) is 9.83. The zero-order valence-corrected chi connectivity index (χ0v) is 12.0. The van der Waals surface area contributed by atoms with Crippen molar-refractivity contribution in [2.24, 2.45) is 5.73 Å². The van der Waals surface area contributed by atoms with Gasteiger partial charge in [-0.2, -0.15) is 0 Å². The average Bonchev–Trinajstić information content (AvgIpc) is 2.29. The number of carbonyl (C=O) groups excluding carboxylic acids is 1. The van der Waals surface area contributed by atoms with Gasteiger partial charge in [0.25, 0.3) is 5.91 Å². The fourth-order valence-electron chi connectivity index (χ4n) is 1.29. The van der Waals surface area contributed by atoms with E-state index in [1.807, 2.05) is 32.0 Å². The van der Waals surface area contributed by atoms with Crippen LogP contribution in [0.2, 0.25) is 0 Å². The molecule has 1 atom stereocenters. The summed E-state index contributed by atoms with van der Waals surface area (Å²) in [4.78, 5) is 13.8. The van der Waals surface area contributed by atoms with Crippen LogP contribution in [0.4, 0.5) is 0 Å². The number of carbonyl (C=O) groups is 1. The zero-order chi connectivity index (χ0) is 12.3. The second-order valence-corrected chi connectivity index (χ2v) is 5.13. The number of hydrogen-bond donors (Lipinski definition) is 1.